The number of hydrogen-bond donors (Lipinski definition) is 0. The van der Waals surface area contributed by atoms with Crippen LogP contribution in [0.15, 0.2) is 249 Å². The minimum atomic E-state index is 1.09. The van der Waals surface area contributed by atoms with Crippen LogP contribution in [0.25, 0.3) is 98.4 Å². The normalized spacial score (nSPS) is 11.5. The van der Waals surface area contributed by atoms with Crippen LogP contribution in [0.4, 0.5) is 17.1 Å². The van der Waals surface area contributed by atoms with Crippen LogP contribution in [0.5, 0.6) is 0 Å². The van der Waals surface area contributed by atoms with E-state index in [1.54, 1.807) is 0 Å². The van der Waals surface area contributed by atoms with Gasteiger partial charge in [-0.25, -0.2) is 0 Å². The highest BCUT2D eigenvalue weighted by atomic mass is 15.1. The van der Waals surface area contributed by atoms with Crippen LogP contribution in [0, 0.1) is 0 Å². The molecule has 0 saturated carbocycles. The van der Waals surface area contributed by atoms with Crippen molar-refractivity contribution >= 4 is 70.9 Å². The van der Waals surface area contributed by atoms with E-state index in [0.717, 1.165) is 22.6 Å². The molecule has 0 atom stereocenters. The lowest BCUT2D eigenvalue weighted by Crippen LogP contribution is -2.10. The standard InChI is InChI=1S/C62H41N/c1-2-16-42(17-3-1)45-20-14-22-49(38-45)63(48-35-32-44(33-36-48)60-40-47-19-5-7-25-53(47)54-27-10-12-30-57(54)60)50-23-15-21-46(39-50)52-26-8-9-28-55(52)62-41-61-51-24-6-4-18-43(51)34-37-59(61)56-29-11-13-31-58(56)62/h1-41H. The maximum Gasteiger partial charge on any atom is 0.0467 e. The number of nitrogens with zero attached hydrogens (tertiary/aromatic N) is 1. The van der Waals surface area contributed by atoms with Gasteiger partial charge in [-0.1, -0.05) is 200 Å². The Labute approximate surface area is 367 Å². The van der Waals surface area contributed by atoms with Gasteiger partial charge < -0.3 is 4.90 Å². The van der Waals surface area contributed by atoms with Crippen LogP contribution in [0.3, 0.4) is 0 Å². The number of benzene rings is 12. The van der Waals surface area contributed by atoms with Gasteiger partial charge in [0.25, 0.3) is 0 Å². The van der Waals surface area contributed by atoms with E-state index in [1.807, 2.05) is 0 Å². The predicted molar refractivity (Wildman–Crippen MR) is 270 cm³/mol. The van der Waals surface area contributed by atoms with Crippen molar-refractivity contribution in [3.63, 3.8) is 0 Å². The van der Waals surface area contributed by atoms with Crippen LogP contribution in [0.2, 0.25) is 0 Å². The first-order valence-corrected chi connectivity index (χ1v) is 21.7. The summed E-state index contributed by atoms with van der Waals surface area (Å²) in [7, 11) is 0. The fraction of sp³-hybridized carbons (Fsp3) is 0. The quantitative estimate of drug-likeness (QED) is 0.145. The van der Waals surface area contributed by atoms with Gasteiger partial charge in [-0.3, -0.25) is 0 Å². The average Bonchev–Trinajstić information content (AvgIpc) is 3.36. The fourth-order valence-corrected chi connectivity index (χ4v) is 9.85. The molecule has 0 spiro atoms. The lowest BCUT2D eigenvalue weighted by Gasteiger charge is -2.27. The summed E-state index contributed by atoms with van der Waals surface area (Å²) in [4.78, 5) is 2.40. The zero-order valence-electron chi connectivity index (χ0n) is 34.6. The lowest BCUT2D eigenvalue weighted by molar-refractivity contribution is 1.28. The summed E-state index contributed by atoms with van der Waals surface area (Å²) in [5.74, 6) is 0. The van der Waals surface area contributed by atoms with Gasteiger partial charge in [0, 0.05) is 17.1 Å². The summed E-state index contributed by atoms with van der Waals surface area (Å²) in [5.41, 5.74) is 12.9. The Kier molecular flexibility index (Phi) is 8.90. The molecule has 0 saturated heterocycles. The SMILES string of the molecule is c1ccc(-c2cccc(N(c3ccc(-c4cc5ccccc5c5ccccc45)cc3)c3cccc(-c4ccccc4-c4cc5c6ccccc6ccc5c5ccccc45)c3)c2)cc1. The maximum atomic E-state index is 2.42. The predicted octanol–water partition coefficient (Wildman–Crippen LogP) is 17.6. The second kappa shape index (κ2) is 15.3. The van der Waals surface area contributed by atoms with Crippen molar-refractivity contribution in [3.05, 3.63) is 249 Å². The molecule has 63 heavy (non-hydrogen) atoms. The highest BCUT2D eigenvalue weighted by molar-refractivity contribution is 6.21. The van der Waals surface area contributed by atoms with Crippen molar-refractivity contribution in [3.8, 4) is 44.5 Å². The molecule has 0 fully saturated rings. The fourth-order valence-electron chi connectivity index (χ4n) is 9.85. The third-order valence-electron chi connectivity index (χ3n) is 12.8. The van der Waals surface area contributed by atoms with E-state index in [9.17, 15) is 0 Å². The molecule has 12 aromatic carbocycles. The topological polar surface area (TPSA) is 3.24 Å². The molecule has 12 rings (SSSR count). The van der Waals surface area contributed by atoms with Crippen molar-refractivity contribution in [1.82, 2.24) is 0 Å². The van der Waals surface area contributed by atoms with E-state index in [2.05, 4.69) is 254 Å². The summed E-state index contributed by atoms with van der Waals surface area (Å²) in [6, 6.07) is 91.1. The van der Waals surface area contributed by atoms with E-state index in [4.69, 9.17) is 0 Å². The highest BCUT2D eigenvalue weighted by Crippen LogP contribution is 2.44. The van der Waals surface area contributed by atoms with Crippen molar-refractivity contribution in [1.29, 1.82) is 0 Å². The Morgan fingerprint density at radius 1 is 0.190 bits per heavy atom. The zero-order valence-corrected chi connectivity index (χ0v) is 34.6. The van der Waals surface area contributed by atoms with Gasteiger partial charge in [-0.05, 0) is 147 Å². The molecule has 0 unspecified atom stereocenters. The Morgan fingerprint density at radius 3 is 1.43 bits per heavy atom. The minimum absolute atomic E-state index is 1.09. The van der Waals surface area contributed by atoms with E-state index in [1.165, 1.54) is 92.8 Å². The molecule has 12 aromatic rings. The van der Waals surface area contributed by atoms with Crippen molar-refractivity contribution in [2.75, 3.05) is 4.90 Å². The monoisotopic (exact) mass is 799 g/mol. The number of fused-ring (bicyclic) bond motifs is 8. The molecule has 0 N–H and O–H groups in total. The summed E-state index contributed by atoms with van der Waals surface area (Å²) in [5, 5.41) is 12.7. The average molecular weight is 800 g/mol. The molecule has 0 aliphatic rings. The molecule has 0 heterocycles. The van der Waals surface area contributed by atoms with Gasteiger partial charge in [-0.2, -0.15) is 0 Å². The summed E-state index contributed by atoms with van der Waals surface area (Å²) in [6.07, 6.45) is 0. The third-order valence-corrected chi connectivity index (χ3v) is 12.8. The Hall–Kier alpha value is -8.26. The molecule has 0 radical (unpaired) electrons. The minimum Gasteiger partial charge on any atom is -0.310 e. The smallest absolute Gasteiger partial charge is 0.0467 e. The van der Waals surface area contributed by atoms with Crippen molar-refractivity contribution < 1.29 is 0 Å². The Bertz CT molecular complexity index is 3680. The second-order valence-corrected chi connectivity index (χ2v) is 16.4. The van der Waals surface area contributed by atoms with Gasteiger partial charge in [0.15, 0.2) is 0 Å². The molecule has 294 valence electrons. The maximum absolute atomic E-state index is 2.42. The van der Waals surface area contributed by atoms with Crippen LogP contribution in [-0.2, 0) is 0 Å². The van der Waals surface area contributed by atoms with Crippen LogP contribution >= 0.6 is 0 Å². The van der Waals surface area contributed by atoms with Gasteiger partial charge in [-0.15, -0.1) is 0 Å². The van der Waals surface area contributed by atoms with Gasteiger partial charge in [0.2, 0.25) is 0 Å². The molecule has 1 nitrogen and oxygen atoms in total. The largest absolute Gasteiger partial charge is 0.310 e. The first kappa shape index (κ1) is 36.6. The van der Waals surface area contributed by atoms with Gasteiger partial charge in [0.1, 0.15) is 0 Å². The highest BCUT2D eigenvalue weighted by Gasteiger charge is 2.18. The van der Waals surface area contributed by atoms with Crippen molar-refractivity contribution in [2.45, 2.75) is 0 Å². The summed E-state index contributed by atoms with van der Waals surface area (Å²) in [6.45, 7) is 0. The van der Waals surface area contributed by atoms with E-state index >= 15 is 0 Å². The van der Waals surface area contributed by atoms with E-state index < -0.39 is 0 Å². The first-order valence-electron chi connectivity index (χ1n) is 21.7. The lowest BCUT2D eigenvalue weighted by atomic mass is 9.87. The molecular formula is C62H41N. The van der Waals surface area contributed by atoms with Gasteiger partial charge >= 0.3 is 0 Å². The number of rotatable bonds is 7. The zero-order chi connectivity index (χ0) is 41.7. The second-order valence-electron chi connectivity index (χ2n) is 16.4. The molecule has 0 bridgehead atoms. The summed E-state index contributed by atoms with van der Waals surface area (Å²) < 4.78 is 0. The Balaban J connectivity index is 1.02. The molecule has 0 amide bonds. The molecular weight excluding hydrogens is 759 g/mol. The number of hydrogen-bond acceptors (Lipinski definition) is 1. The van der Waals surface area contributed by atoms with Crippen LogP contribution in [0.1, 0.15) is 0 Å². The van der Waals surface area contributed by atoms with E-state index in [0.29, 0.717) is 0 Å². The van der Waals surface area contributed by atoms with Crippen LogP contribution < -0.4 is 4.90 Å². The summed E-state index contributed by atoms with van der Waals surface area (Å²) >= 11 is 0. The van der Waals surface area contributed by atoms with E-state index in [-0.39, 0.29) is 0 Å². The number of anilines is 3. The molecule has 0 aromatic heterocycles. The first-order chi connectivity index (χ1) is 31.2. The molecule has 0 aliphatic carbocycles. The molecule has 1 heteroatoms. The van der Waals surface area contributed by atoms with Gasteiger partial charge in [0.05, 0.1) is 0 Å². The molecule has 0 aliphatic heterocycles. The van der Waals surface area contributed by atoms with Crippen LogP contribution in [-0.4, -0.2) is 0 Å². The van der Waals surface area contributed by atoms with Crippen molar-refractivity contribution in [2.24, 2.45) is 0 Å². The third kappa shape index (κ3) is 6.42. The Morgan fingerprint density at radius 2 is 0.698 bits per heavy atom.